The van der Waals surface area contributed by atoms with Gasteiger partial charge < -0.3 is 5.32 Å². The van der Waals surface area contributed by atoms with E-state index < -0.39 is 11.6 Å². The predicted molar refractivity (Wildman–Crippen MR) is 87.2 cm³/mol. The van der Waals surface area contributed by atoms with E-state index in [4.69, 9.17) is 5.26 Å². The standard InChI is InChI=1S/C18H18F2N4/c19-14-8-13(9-15(20)10-14)12-24-6-4-16(5-7-24)22-18-3-1-2-17(11-21)23-18/h1-3,8-10,16H,4-7,12H2,(H,22,23). The molecule has 1 N–H and O–H groups in total. The lowest BCUT2D eigenvalue weighted by Crippen LogP contribution is -2.38. The Bertz CT molecular complexity index is 729. The molecule has 3 rings (SSSR count). The SMILES string of the molecule is N#Cc1cccc(NC2CCN(Cc3cc(F)cc(F)c3)CC2)n1. The van der Waals surface area contributed by atoms with Crippen LogP contribution in [-0.4, -0.2) is 29.0 Å². The Balaban J connectivity index is 1.53. The average Bonchev–Trinajstić information content (AvgIpc) is 2.56. The maximum atomic E-state index is 13.3. The zero-order chi connectivity index (χ0) is 16.9. The molecule has 1 aromatic heterocycles. The van der Waals surface area contributed by atoms with Crippen LogP contribution in [0.25, 0.3) is 0 Å². The van der Waals surface area contributed by atoms with Crippen LogP contribution in [0, 0.1) is 23.0 Å². The number of pyridine rings is 1. The number of hydrogen-bond donors (Lipinski definition) is 1. The van der Waals surface area contributed by atoms with Crippen LogP contribution in [0.2, 0.25) is 0 Å². The number of nitrogens with zero attached hydrogens (tertiary/aromatic N) is 3. The van der Waals surface area contributed by atoms with Crippen molar-refractivity contribution in [3.63, 3.8) is 0 Å². The number of aromatic nitrogens is 1. The molecule has 0 radical (unpaired) electrons. The second-order valence-corrected chi connectivity index (χ2v) is 5.99. The summed E-state index contributed by atoms with van der Waals surface area (Å²) in [6.07, 6.45) is 1.83. The molecule has 4 nitrogen and oxygen atoms in total. The normalized spacial score (nSPS) is 15.9. The Morgan fingerprint density at radius 3 is 2.54 bits per heavy atom. The minimum atomic E-state index is -0.537. The van der Waals surface area contributed by atoms with Crippen LogP contribution in [0.3, 0.4) is 0 Å². The molecule has 1 aliphatic heterocycles. The summed E-state index contributed by atoms with van der Waals surface area (Å²) in [6, 6.07) is 11.3. The van der Waals surface area contributed by atoms with Crippen molar-refractivity contribution < 1.29 is 8.78 Å². The summed E-state index contributed by atoms with van der Waals surface area (Å²) >= 11 is 0. The molecule has 1 saturated heterocycles. The van der Waals surface area contributed by atoms with Crippen LogP contribution in [0.1, 0.15) is 24.1 Å². The molecular weight excluding hydrogens is 310 g/mol. The van der Waals surface area contributed by atoms with Gasteiger partial charge in [0.1, 0.15) is 29.2 Å². The maximum Gasteiger partial charge on any atom is 0.142 e. The molecule has 6 heteroatoms. The number of hydrogen-bond acceptors (Lipinski definition) is 4. The summed E-state index contributed by atoms with van der Waals surface area (Å²) in [4.78, 5) is 6.41. The first-order chi connectivity index (χ1) is 11.6. The quantitative estimate of drug-likeness (QED) is 0.935. The molecule has 1 fully saturated rings. The number of rotatable bonds is 4. The van der Waals surface area contributed by atoms with E-state index in [9.17, 15) is 8.78 Å². The van der Waals surface area contributed by atoms with Gasteiger partial charge >= 0.3 is 0 Å². The first kappa shape index (κ1) is 16.3. The van der Waals surface area contributed by atoms with E-state index in [1.807, 2.05) is 18.2 Å². The first-order valence-electron chi connectivity index (χ1n) is 7.93. The molecule has 0 saturated carbocycles. The van der Waals surface area contributed by atoms with Crippen LogP contribution < -0.4 is 5.32 Å². The summed E-state index contributed by atoms with van der Waals surface area (Å²) in [5.74, 6) is -0.366. The molecule has 0 unspecified atom stereocenters. The summed E-state index contributed by atoms with van der Waals surface area (Å²) in [5.41, 5.74) is 1.05. The van der Waals surface area contributed by atoms with Crippen LogP contribution in [0.4, 0.5) is 14.6 Å². The lowest BCUT2D eigenvalue weighted by atomic mass is 10.0. The summed E-state index contributed by atoms with van der Waals surface area (Å²) in [5, 5.41) is 12.2. The molecular formula is C18H18F2N4. The Hall–Kier alpha value is -2.52. The minimum absolute atomic E-state index is 0.284. The molecule has 0 aliphatic carbocycles. The minimum Gasteiger partial charge on any atom is -0.367 e. The number of nitrogens with one attached hydrogen (secondary N) is 1. The lowest BCUT2D eigenvalue weighted by molar-refractivity contribution is 0.210. The van der Waals surface area contributed by atoms with E-state index in [1.165, 1.54) is 12.1 Å². The fourth-order valence-electron chi connectivity index (χ4n) is 2.98. The van der Waals surface area contributed by atoms with Crippen molar-refractivity contribution in [1.82, 2.24) is 9.88 Å². The third-order valence-electron chi connectivity index (χ3n) is 4.13. The van der Waals surface area contributed by atoms with Crippen LogP contribution >= 0.6 is 0 Å². The summed E-state index contributed by atoms with van der Waals surface area (Å²) in [6.45, 7) is 2.23. The summed E-state index contributed by atoms with van der Waals surface area (Å²) in [7, 11) is 0. The zero-order valence-corrected chi connectivity index (χ0v) is 13.2. The van der Waals surface area contributed by atoms with Gasteiger partial charge in [0, 0.05) is 31.7 Å². The van der Waals surface area contributed by atoms with Crippen LogP contribution in [0.15, 0.2) is 36.4 Å². The number of anilines is 1. The highest BCUT2D eigenvalue weighted by molar-refractivity contribution is 5.39. The Kier molecular flexibility index (Phi) is 5.02. The molecule has 1 aliphatic rings. The zero-order valence-electron chi connectivity index (χ0n) is 13.2. The van der Waals surface area contributed by atoms with Crippen molar-refractivity contribution in [1.29, 1.82) is 5.26 Å². The summed E-state index contributed by atoms with van der Waals surface area (Å²) < 4.78 is 26.5. The van der Waals surface area contributed by atoms with Gasteiger partial charge in [0.2, 0.25) is 0 Å². The van der Waals surface area contributed by atoms with Crippen LogP contribution in [0.5, 0.6) is 0 Å². The number of benzene rings is 1. The van der Waals surface area contributed by atoms with Gasteiger partial charge in [-0.25, -0.2) is 13.8 Å². The number of nitriles is 1. The fourth-order valence-corrected chi connectivity index (χ4v) is 2.98. The first-order valence-corrected chi connectivity index (χ1v) is 7.93. The molecule has 0 atom stereocenters. The van der Waals surface area contributed by atoms with Crippen molar-refractivity contribution in [3.05, 3.63) is 59.3 Å². The monoisotopic (exact) mass is 328 g/mol. The van der Waals surface area contributed by atoms with Crippen molar-refractivity contribution in [2.24, 2.45) is 0 Å². The van der Waals surface area contributed by atoms with Crippen molar-refractivity contribution >= 4 is 5.82 Å². The highest BCUT2D eigenvalue weighted by Crippen LogP contribution is 2.18. The van der Waals surface area contributed by atoms with Gasteiger partial charge in [-0.2, -0.15) is 5.26 Å². The third kappa shape index (κ3) is 4.27. The van der Waals surface area contributed by atoms with E-state index in [0.717, 1.165) is 32.0 Å². The number of piperidine rings is 1. The molecule has 24 heavy (non-hydrogen) atoms. The van der Waals surface area contributed by atoms with E-state index in [0.29, 0.717) is 23.6 Å². The average molecular weight is 328 g/mol. The van der Waals surface area contributed by atoms with Crippen molar-refractivity contribution in [3.8, 4) is 6.07 Å². The highest BCUT2D eigenvalue weighted by atomic mass is 19.1. The van der Waals surface area contributed by atoms with E-state index in [1.54, 1.807) is 6.07 Å². The van der Waals surface area contributed by atoms with E-state index >= 15 is 0 Å². The Morgan fingerprint density at radius 2 is 1.88 bits per heavy atom. The van der Waals surface area contributed by atoms with Gasteiger partial charge in [0.25, 0.3) is 0 Å². The molecule has 124 valence electrons. The fraction of sp³-hybridized carbons (Fsp3) is 0.333. The van der Waals surface area contributed by atoms with E-state index in [2.05, 4.69) is 15.2 Å². The Morgan fingerprint density at radius 1 is 1.17 bits per heavy atom. The predicted octanol–water partition coefficient (Wildman–Crippen LogP) is 3.31. The molecule has 2 heterocycles. The highest BCUT2D eigenvalue weighted by Gasteiger charge is 2.19. The smallest absolute Gasteiger partial charge is 0.142 e. The topological polar surface area (TPSA) is 52.0 Å². The second-order valence-electron chi connectivity index (χ2n) is 5.99. The third-order valence-corrected chi connectivity index (χ3v) is 4.13. The number of likely N-dealkylation sites (tertiary alicyclic amines) is 1. The molecule has 0 bridgehead atoms. The second kappa shape index (κ2) is 7.37. The van der Waals surface area contributed by atoms with E-state index in [-0.39, 0.29) is 6.04 Å². The van der Waals surface area contributed by atoms with Gasteiger partial charge in [0.15, 0.2) is 0 Å². The van der Waals surface area contributed by atoms with Gasteiger partial charge in [-0.05, 0) is 42.7 Å². The largest absolute Gasteiger partial charge is 0.367 e. The van der Waals surface area contributed by atoms with Crippen LogP contribution in [-0.2, 0) is 6.54 Å². The van der Waals surface area contributed by atoms with Gasteiger partial charge in [0.05, 0.1) is 0 Å². The molecule has 0 spiro atoms. The van der Waals surface area contributed by atoms with Gasteiger partial charge in [-0.1, -0.05) is 6.07 Å². The number of halogens is 2. The Labute approximate surface area is 139 Å². The molecule has 2 aromatic rings. The van der Waals surface area contributed by atoms with Crippen molar-refractivity contribution in [2.45, 2.75) is 25.4 Å². The molecule has 1 aromatic carbocycles. The van der Waals surface area contributed by atoms with Gasteiger partial charge in [-0.15, -0.1) is 0 Å². The van der Waals surface area contributed by atoms with Gasteiger partial charge in [-0.3, -0.25) is 4.90 Å². The lowest BCUT2D eigenvalue weighted by Gasteiger charge is -2.32. The maximum absolute atomic E-state index is 13.3. The molecule has 0 amide bonds. The van der Waals surface area contributed by atoms with Crippen molar-refractivity contribution in [2.75, 3.05) is 18.4 Å².